The number of nitrogens with zero attached hydrogens (tertiary/aromatic N) is 2. The molecule has 4 heteroatoms. The largest absolute Gasteiger partial charge is 0.383 e. The van der Waals surface area contributed by atoms with Gasteiger partial charge in [0.15, 0.2) is 0 Å². The van der Waals surface area contributed by atoms with Gasteiger partial charge in [-0.15, -0.1) is 0 Å². The number of ether oxygens (including phenoxy) is 1. The molecule has 0 amide bonds. The maximum Gasteiger partial charge on any atom is 0.134 e. The van der Waals surface area contributed by atoms with E-state index in [1.54, 1.807) is 7.11 Å². The highest BCUT2D eigenvalue weighted by molar-refractivity contribution is 6.30. The third-order valence-corrected chi connectivity index (χ3v) is 3.53. The van der Waals surface area contributed by atoms with Crippen LogP contribution in [0.4, 0.5) is 0 Å². The van der Waals surface area contributed by atoms with Crippen LogP contribution in [0.1, 0.15) is 12.5 Å². The van der Waals surface area contributed by atoms with Gasteiger partial charge in [0.25, 0.3) is 0 Å². The summed E-state index contributed by atoms with van der Waals surface area (Å²) in [7, 11) is 1.72. The number of rotatable bonds is 6. The molecule has 1 aromatic carbocycles. The molecular weight excluding hydrogens is 260 g/mol. The van der Waals surface area contributed by atoms with Gasteiger partial charge in [0.05, 0.1) is 12.1 Å². The standard InChI is InChI=1S/C15H19ClN2O/c1-3-18(8-9-19-2)11-13-10-12-6-4-5-7-14(12)17-15(13)16/h4-7,10H,3,8-9,11H2,1-2H3. The molecule has 102 valence electrons. The zero-order chi connectivity index (χ0) is 13.7. The molecule has 0 atom stereocenters. The van der Waals surface area contributed by atoms with Gasteiger partial charge in [-0.3, -0.25) is 4.90 Å². The zero-order valence-electron chi connectivity index (χ0n) is 11.4. The first-order valence-corrected chi connectivity index (χ1v) is 6.88. The van der Waals surface area contributed by atoms with Crippen molar-refractivity contribution >= 4 is 22.5 Å². The summed E-state index contributed by atoms with van der Waals surface area (Å²) < 4.78 is 5.12. The van der Waals surface area contributed by atoms with E-state index in [0.717, 1.165) is 42.7 Å². The number of hydrogen-bond acceptors (Lipinski definition) is 3. The molecule has 0 spiro atoms. The van der Waals surface area contributed by atoms with Crippen LogP contribution in [-0.2, 0) is 11.3 Å². The van der Waals surface area contributed by atoms with E-state index in [1.165, 1.54) is 0 Å². The highest BCUT2D eigenvalue weighted by atomic mass is 35.5. The normalized spacial score (nSPS) is 11.4. The van der Waals surface area contributed by atoms with Gasteiger partial charge in [0.2, 0.25) is 0 Å². The van der Waals surface area contributed by atoms with E-state index in [1.807, 2.05) is 18.2 Å². The number of methoxy groups -OCH3 is 1. The predicted octanol–water partition coefficient (Wildman–Crippen LogP) is 3.36. The van der Waals surface area contributed by atoms with Crippen molar-refractivity contribution in [2.75, 3.05) is 26.8 Å². The third-order valence-electron chi connectivity index (χ3n) is 3.20. The first kappa shape index (κ1) is 14.3. The molecule has 0 unspecified atom stereocenters. The smallest absolute Gasteiger partial charge is 0.134 e. The molecule has 0 radical (unpaired) electrons. The molecule has 1 aromatic heterocycles. The van der Waals surface area contributed by atoms with Gasteiger partial charge in [0, 0.05) is 31.1 Å². The first-order chi connectivity index (χ1) is 9.24. The fourth-order valence-corrected chi connectivity index (χ4v) is 2.26. The highest BCUT2D eigenvalue weighted by Gasteiger charge is 2.09. The Kier molecular flexibility index (Phi) is 5.14. The van der Waals surface area contributed by atoms with Gasteiger partial charge in [0.1, 0.15) is 5.15 Å². The second-order valence-corrected chi connectivity index (χ2v) is 4.85. The average molecular weight is 279 g/mol. The lowest BCUT2D eigenvalue weighted by molar-refractivity contribution is 0.147. The lowest BCUT2D eigenvalue weighted by atomic mass is 10.1. The van der Waals surface area contributed by atoms with Crippen molar-refractivity contribution in [2.45, 2.75) is 13.5 Å². The number of halogens is 1. The summed E-state index contributed by atoms with van der Waals surface area (Å²) in [5, 5.41) is 1.72. The van der Waals surface area contributed by atoms with E-state index >= 15 is 0 Å². The molecule has 0 bridgehead atoms. The number of fused-ring (bicyclic) bond motifs is 1. The number of benzene rings is 1. The Morgan fingerprint density at radius 1 is 1.32 bits per heavy atom. The van der Waals surface area contributed by atoms with E-state index < -0.39 is 0 Å². The van der Waals surface area contributed by atoms with Crippen LogP contribution < -0.4 is 0 Å². The molecule has 1 heterocycles. The zero-order valence-corrected chi connectivity index (χ0v) is 12.2. The summed E-state index contributed by atoms with van der Waals surface area (Å²) in [6.45, 7) is 5.53. The summed E-state index contributed by atoms with van der Waals surface area (Å²) >= 11 is 6.27. The molecule has 2 rings (SSSR count). The van der Waals surface area contributed by atoms with Crippen LogP contribution >= 0.6 is 11.6 Å². The lowest BCUT2D eigenvalue weighted by Crippen LogP contribution is -2.26. The molecule has 0 N–H and O–H groups in total. The summed E-state index contributed by atoms with van der Waals surface area (Å²) in [6, 6.07) is 10.2. The van der Waals surface area contributed by atoms with Crippen LogP contribution in [0.25, 0.3) is 10.9 Å². The predicted molar refractivity (Wildman–Crippen MR) is 79.6 cm³/mol. The van der Waals surface area contributed by atoms with E-state index in [2.05, 4.69) is 28.9 Å². The van der Waals surface area contributed by atoms with Crippen LogP contribution in [-0.4, -0.2) is 36.7 Å². The lowest BCUT2D eigenvalue weighted by Gasteiger charge is -2.20. The van der Waals surface area contributed by atoms with Gasteiger partial charge in [-0.05, 0) is 18.7 Å². The Morgan fingerprint density at radius 2 is 2.11 bits per heavy atom. The van der Waals surface area contributed by atoms with Gasteiger partial charge in [-0.25, -0.2) is 4.98 Å². The molecule has 0 aliphatic rings. The molecule has 0 saturated heterocycles. The quantitative estimate of drug-likeness (QED) is 0.758. The van der Waals surface area contributed by atoms with Gasteiger partial charge in [-0.2, -0.15) is 0 Å². The Labute approximate surface area is 119 Å². The van der Waals surface area contributed by atoms with Crippen LogP contribution in [0.2, 0.25) is 5.15 Å². The number of para-hydroxylation sites is 1. The van der Waals surface area contributed by atoms with Gasteiger partial charge in [-0.1, -0.05) is 36.7 Å². The van der Waals surface area contributed by atoms with Crippen molar-refractivity contribution in [3.63, 3.8) is 0 Å². The minimum atomic E-state index is 0.592. The van der Waals surface area contributed by atoms with Gasteiger partial charge >= 0.3 is 0 Å². The van der Waals surface area contributed by atoms with Crippen molar-refractivity contribution in [1.82, 2.24) is 9.88 Å². The van der Waals surface area contributed by atoms with Crippen LogP contribution in [0.15, 0.2) is 30.3 Å². The summed E-state index contributed by atoms with van der Waals surface area (Å²) in [6.07, 6.45) is 0. The maximum atomic E-state index is 6.27. The maximum absolute atomic E-state index is 6.27. The third kappa shape index (κ3) is 3.66. The highest BCUT2D eigenvalue weighted by Crippen LogP contribution is 2.21. The summed E-state index contributed by atoms with van der Waals surface area (Å²) in [5.41, 5.74) is 2.01. The molecule has 0 saturated carbocycles. The van der Waals surface area contributed by atoms with Crippen molar-refractivity contribution in [3.8, 4) is 0 Å². The van der Waals surface area contributed by atoms with E-state index in [0.29, 0.717) is 5.15 Å². The summed E-state index contributed by atoms with van der Waals surface area (Å²) in [5.74, 6) is 0. The van der Waals surface area contributed by atoms with Crippen molar-refractivity contribution < 1.29 is 4.74 Å². The van der Waals surface area contributed by atoms with E-state index in [9.17, 15) is 0 Å². The molecule has 0 aliphatic heterocycles. The topological polar surface area (TPSA) is 25.4 Å². The molecule has 0 fully saturated rings. The fourth-order valence-electron chi connectivity index (χ4n) is 2.06. The Balaban J connectivity index is 2.21. The molecule has 2 aromatic rings. The van der Waals surface area contributed by atoms with Crippen LogP contribution in [0.5, 0.6) is 0 Å². The minimum absolute atomic E-state index is 0.592. The Bertz CT molecular complexity index is 545. The molecule has 3 nitrogen and oxygen atoms in total. The second kappa shape index (κ2) is 6.85. The van der Waals surface area contributed by atoms with Crippen molar-refractivity contribution in [3.05, 3.63) is 41.0 Å². The Morgan fingerprint density at radius 3 is 2.84 bits per heavy atom. The monoisotopic (exact) mass is 278 g/mol. The molecule has 19 heavy (non-hydrogen) atoms. The summed E-state index contributed by atoms with van der Waals surface area (Å²) in [4.78, 5) is 6.74. The van der Waals surface area contributed by atoms with Gasteiger partial charge < -0.3 is 4.74 Å². The number of hydrogen-bond donors (Lipinski definition) is 0. The number of pyridine rings is 1. The second-order valence-electron chi connectivity index (χ2n) is 4.49. The fraction of sp³-hybridized carbons (Fsp3) is 0.400. The SMILES string of the molecule is CCN(CCOC)Cc1cc2ccccc2nc1Cl. The van der Waals surface area contributed by atoms with Crippen molar-refractivity contribution in [2.24, 2.45) is 0 Å². The van der Waals surface area contributed by atoms with Crippen LogP contribution in [0, 0.1) is 0 Å². The van der Waals surface area contributed by atoms with Crippen LogP contribution in [0.3, 0.4) is 0 Å². The average Bonchev–Trinajstić information content (AvgIpc) is 2.43. The molecule has 0 aliphatic carbocycles. The Hall–Kier alpha value is -1.16. The minimum Gasteiger partial charge on any atom is -0.383 e. The molecular formula is C15H19ClN2O. The van der Waals surface area contributed by atoms with E-state index in [4.69, 9.17) is 16.3 Å². The first-order valence-electron chi connectivity index (χ1n) is 6.50. The number of likely N-dealkylation sites (N-methyl/N-ethyl adjacent to an activating group) is 1. The van der Waals surface area contributed by atoms with Crippen molar-refractivity contribution in [1.29, 1.82) is 0 Å². The number of aromatic nitrogens is 1. The van der Waals surface area contributed by atoms with E-state index in [-0.39, 0.29) is 0 Å².